The van der Waals surface area contributed by atoms with Gasteiger partial charge in [0.05, 0.1) is 26.4 Å². The number of nitrogens with one attached hydrogen (secondary N) is 1. The van der Waals surface area contributed by atoms with Crippen molar-refractivity contribution in [2.45, 2.75) is 54.3 Å². The van der Waals surface area contributed by atoms with E-state index in [4.69, 9.17) is 80.2 Å². The van der Waals surface area contributed by atoms with Crippen LogP contribution in [0.4, 0.5) is 0 Å². The van der Waals surface area contributed by atoms with Crippen LogP contribution in [-0.2, 0) is 53.0 Å². The maximum atomic E-state index is 12.5. The molecule has 230 valence electrons. The van der Waals surface area contributed by atoms with Gasteiger partial charge in [-0.05, 0) is 16.7 Å². The van der Waals surface area contributed by atoms with E-state index in [0.29, 0.717) is 6.61 Å². The summed E-state index contributed by atoms with van der Waals surface area (Å²) < 4.78 is 34.2. The molecule has 8 nitrogen and oxygen atoms in total. The van der Waals surface area contributed by atoms with E-state index >= 15 is 0 Å². The molecule has 0 radical (unpaired) electrons. The van der Waals surface area contributed by atoms with Gasteiger partial charge in [0.2, 0.25) is 12.2 Å². The first-order chi connectivity index (χ1) is 20.7. The predicted octanol–water partition coefficient (Wildman–Crippen LogP) is 6.61. The predicted molar refractivity (Wildman–Crippen MR) is 164 cm³/mol. The van der Waals surface area contributed by atoms with Gasteiger partial charge in [-0.15, -0.1) is 11.6 Å². The molecule has 1 aliphatic rings. The van der Waals surface area contributed by atoms with E-state index < -0.39 is 52.2 Å². The Balaban J connectivity index is 1.66. The lowest BCUT2D eigenvalue weighted by Gasteiger charge is -2.45. The molecule has 43 heavy (non-hydrogen) atoms. The standard InChI is InChI=1S/C31H31Cl4NO7/c32-16-25(37)42-28-27(40-19-23-14-8-3-9-15-23)26(39-18-22-12-6-2-7-13-22)24(20-38-17-21-10-4-1-5-11-21)41-29(28)43-30(36)31(33,34)35/h1-15,24,26-29,36H,16-20H2/t24-,26-,27+,28-,29?/m1/s1. The molecule has 1 N–H and O–H groups in total. The van der Waals surface area contributed by atoms with Crippen LogP contribution in [-0.4, -0.2) is 58.9 Å². The summed E-state index contributed by atoms with van der Waals surface area (Å²) in [5.74, 6) is -1.95. The highest BCUT2D eigenvalue weighted by molar-refractivity contribution is 6.76. The largest absolute Gasteiger partial charge is 0.452 e. The van der Waals surface area contributed by atoms with E-state index in [1.807, 2.05) is 91.0 Å². The van der Waals surface area contributed by atoms with E-state index in [0.717, 1.165) is 16.7 Å². The zero-order valence-corrected chi connectivity index (χ0v) is 26.0. The van der Waals surface area contributed by atoms with E-state index in [1.165, 1.54) is 0 Å². The molecule has 0 bridgehead atoms. The van der Waals surface area contributed by atoms with Crippen LogP contribution in [0.3, 0.4) is 0 Å². The van der Waals surface area contributed by atoms with Gasteiger partial charge in [-0.1, -0.05) is 126 Å². The topological polar surface area (TPSA) is 96.3 Å². The number of carbonyl (C=O) groups is 1. The first-order valence-electron chi connectivity index (χ1n) is 13.4. The summed E-state index contributed by atoms with van der Waals surface area (Å²) in [7, 11) is 0. The molecule has 1 fully saturated rings. The third kappa shape index (κ3) is 10.3. The Morgan fingerprint density at radius 1 is 0.721 bits per heavy atom. The van der Waals surface area contributed by atoms with Crippen molar-refractivity contribution in [3.8, 4) is 0 Å². The Morgan fingerprint density at radius 3 is 1.70 bits per heavy atom. The van der Waals surface area contributed by atoms with Crippen LogP contribution in [0.25, 0.3) is 0 Å². The maximum Gasteiger partial charge on any atom is 0.321 e. The van der Waals surface area contributed by atoms with Crippen molar-refractivity contribution in [3.05, 3.63) is 108 Å². The molecule has 5 atom stereocenters. The molecule has 3 aromatic carbocycles. The first kappa shape index (κ1) is 33.5. The molecule has 12 heteroatoms. The van der Waals surface area contributed by atoms with E-state index in [-0.39, 0.29) is 19.8 Å². The van der Waals surface area contributed by atoms with Crippen molar-refractivity contribution in [2.75, 3.05) is 12.5 Å². The fraction of sp³-hybridized carbons (Fsp3) is 0.355. The number of esters is 1. The monoisotopic (exact) mass is 669 g/mol. The van der Waals surface area contributed by atoms with Crippen LogP contribution in [0.2, 0.25) is 0 Å². The highest BCUT2D eigenvalue weighted by Gasteiger charge is 2.52. The Bertz CT molecular complexity index is 1280. The van der Waals surface area contributed by atoms with Gasteiger partial charge in [-0.25, -0.2) is 0 Å². The van der Waals surface area contributed by atoms with Crippen LogP contribution in [0.5, 0.6) is 0 Å². The van der Waals surface area contributed by atoms with Gasteiger partial charge < -0.3 is 28.4 Å². The number of hydrogen-bond acceptors (Lipinski definition) is 8. The fourth-order valence-electron chi connectivity index (χ4n) is 4.39. The minimum Gasteiger partial charge on any atom is -0.452 e. The highest BCUT2D eigenvalue weighted by Crippen LogP contribution is 2.34. The summed E-state index contributed by atoms with van der Waals surface area (Å²) in [6, 6.07) is 28.6. The normalized spacial score (nSPS) is 22.1. The minimum atomic E-state index is -2.20. The van der Waals surface area contributed by atoms with Gasteiger partial charge in [-0.2, -0.15) is 0 Å². The molecule has 3 aromatic rings. The van der Waals surface area contributed by atoms with Crippen LogP contribution in [0, 0.1) is 5.41 Å². The van der Waals surface area contributed by atoms with Crippen molar-refractivity contribution in [1.82, 2.24) is 0 Å². The molecule has 1 heterocycles. The Labute approximate surface area is 270 Å². The summed E-state index contributed by atoms with van der Waals surface area (Å²) >= 11 is 23.5. The second-order valence-corrected chi connectivity index (χ2v) is 12.1. The van der Waals surface area contributed by atoms with E-state index in [1.54, 1.807) is 0 Å². The molecule has 0 aromatic heterocycles. The van der Waals surface area contributed by atoms with Crippen LogP contribution < -0.4 is 0 Å². The van der Waals surface area contributed by atoms with Crippen molar-refractivity contribution in [2.24, 2.45) is 0 Å². The summed E-state index contributed by atoms with van der Waals surface area (Å²) in [4.78, 5) is 12.5. The summed E-state index contributed by atoms with van der Waals surface area (Å²) in [6.45, 7) is 0.664. The average Bonchev–Trinajstić information content (AvgIpc) is 3.01. The molecule has 4 rings (SSSR count). The molecule has 1 aliphatic heterocycles. The SMILES string of the molecule is N=C(OC1O[C@H](COCc2ccccc2)[C@@H](OCc2ccccc2)[C@H](OCc2ccccc2)[C@H]1OC(=O)CCl)C(Cl)(Cl)Cl. The molecule has 0 aliphatic carbocycles. The smallest absolute Gasteiger partial charge is 0.321 e. The summed E-state index contributed by atoms with van der Waals surface area (Å²) in [5.41, 5.74) is 2.72. The van der Waals surface area contributed by atoms with Crippen LogP contribution in [0.1, 0.15) is 16.7 Å². The number of hydrogen-bond donors (Lipinski definition) is 1. The fourth-order valence-corrected chi connectivity index (χ4v) is 4.59. The summed E-state index contributed by atoms with van der Waals surface area (Å²) in [5, 5.41) is 8.19. The van der Waals surface area contributed by atoms with Gasteiger partial charge >= 0.3 is 5.97 Å². The minimum absolute atomic E-state index is 0.0384. The van der Waals surface area contributed by atoms with Crippen LogP contribution in [0.15, 0.2) is 91.0 Å². The van der Waals surface area contributed by atoms with Gasteiger partial charge in [0.25, 0.3) is 3.79 Å². The average molecular weight is 671 g/mol. The zero-order valence-electron chi connectivity index (χ0n) is 23.0. The van der Waals surface area contributed by atoms with Crippen molar-refractivity contribution in [1.29, 1.82) is 5.41 Å². The molecular formula is C31H31Cl4NO7. The number of carbonyl (C=O) groups excluding carboxylic acids is 1. The second kappa shape index (κ2) is 16.6. The van der Waals surface area contributed by atoms with Crippen molar-refractivity contribution >= 4 is 58.3 Å². The third-order valence-corrected chi connectivity index (χ3v) is 7.16. The number of alkyl halides is 4. The quantitative estimate of drug-likeness (QED) is 0.0946. The molecule has 0 saturated carbocycles. The van der Waals surface area contributed by atoms with Gasteiger partial charge in [0.1, 0.15) is 24.2 Å². The first-order valence-corrected chi connectivity index (χ1v) is 15.1. The van der Waals surface area contributed by atoms with Crippen molar-refractivity contribution < 1.29 is 33.2 Å². The van der Waals surface area contributed by atoms with Gasteiger partial charge in [-0.3, -0.25) is 10.2 Å². The molecule has 0 spiro atoms. The maximum absolute atomic E-state index is 12.5. The Kier molecular flexibility index (Phi) is 12.9. The molecule has 1 saturated heterocycles. The Morgan fingerprint density at radius 2 is 1.21 bits per heavy atom. The van der Waals surface area contributed by atoms with Gasteiger partial charge in [0.15, 0.2) is 6.10 Å². The lowest BCUT2D eigenvalue weighted by molar-refractivity contribution is -0.305. The number of benzene rings is 3. The molecular weight excluding hydrogens is 640 g/mol. The highest BCUT2D eigenvalue weighted by atomic mass is 35.6. The van der Waals surface area contributed by atoms with E-state index in [2.05, 4.69) is 0 Å². The number of rotatable bonds is 13. The van der Waals surface area contributed by atoms with E-state index in [9.17, 15) is 4.79 Å². The summed E-state index contributed by atoms with van der Waals surface area (Å²) in [6.07, 6.45) is -5.28. The molecule has 0 amide bonds. The molecule has 1 unspecified atom stereocenters. The lowest BCUT2D eigenvalue weighted by atomic mass is 9.98. The van der Waals surface area contributed by atoms with Gasteiger partial charge in [0, 0.05) is 0 Å². The zero-order chi connectivity index (χ0) is 30.7. The Hall–Kier alpha value is -2.40. The second-order valence-electron chi connectivity index (χ2n) is 9.60. The lowest BCUT2D eigenvalue weighted by Crippen LogP contribution is -2.62. The number of ether oxygens (including phenoxy) is 6. The number of halogens is 4. The van der Waals surface area contributed by atoms with Crippen LogP contribution >= 0.6 is 46.4 Å². The third-order valence-electron chi connectivity index (χ3n) is 6.42. The van der Waals surface area contributed by atoms with Crippen molar-refractivity contribution in [3.63, 3.8) is 0 Å².